The third-order valence-electron chi connectivity index (χ3n) is 3.49. The Morgan fingerprint density at radius 3 is 2.35 bits per heavy atom. The Balaban J connectivity index is 2.27. The molecule has 2 heteroatoms. The zero-order valence-corrected chi connectivity index (χ0v) is 13.4. The molecular weight excluding hydrogens is 266 g/mol. The highest BCUT2D eigenvalue weighted by Gasteiger charge is 2.05. The lowest BCUT2D eigenvalue weighted by Gasteiger charge is -2.12. The number of nitrogens with one attached hydrogen (secondary N) is 1. The molecule has 2 aromatic carbocycles. The average Bonchev–Trinajstić information content (AvgIpc) is 2.40. The van der Waals surface area contributed by atoms with E-state index in [0.717, 1.165) is 17.1 Å². The summed E-state index contributed by atoms with van der Waals surface area (Å²) >= 11 is 6.22. The molecule has 20 heavy (non-hydrogen) atoms. The number of rotatable bonds is 4. The highest BCUT2D eigenvalue weighted by molar-refractivity contribution is 6.31. The summed E-state index contributed by atoms with van der Waals surface area (Å²) in [4.78, 5) is 0. The van der Waals surface area contributed by atoms with Crippen LogP contribution in [0.5, 0.6) is 0 Å². The largest absolute Gasteiger partial charge is 0.310 e. The normalized spacial score (nSPS) is 11.1. The van der Waals surface area contributed by atoms with E-state index in [9.17, 15) is 0 Å². The van der Waals surface area contributed by atoms with E-state index in [1.54, 1.807) is 0 Å². The predicted octanol–water partition coefficient (Wildman–Crippen LogP) is 5.12. The maximum atomic E-state index is 6.22. The minimum Gasteiger partial charge on any atom is -0.310 e. The van der Waals surface area contributed by atoms with Gasteiger partial charge in [0.2, 0.25) is 0 Å². The first kappa shape index (κ1) is 15.1. The molecule has 0 amide bonds. The van der Waals surface area contributed by atoms with Crippen molar-refractivity contribution in [3.8, 4) is 11.1 Å². The maximum absolute atomic E-state index is 6.22. The van der Waals surface area contributed by atoms with Gasteiger partial charge in [0.05, 0.1) is 0 Å². The third kappa shape index (κ3) is 3.62. The van der Waals surface area contributed by atoms with Gasteiger partial charge in [-0.25, -0.2) is 0 Å². The first-order valence-electron chi connectivity index (χ1n) is 7.07. The zero-order chi connectivity index (χ0) is 14.7. The van der Waals surface area contributed by atoms with Crippen molar-refractivity contribution >= 4 is 11.6 Å². The van der Waals surface area contributed by atoms with Crippen molar-refractivity contribution in [1.29, 1.82) is 0 Å². The van der Waals surface area contributed by atoms with Crippen LogP contribution in [-0.2, 0) is 6.54 Å². The number of hydrogen-bond donors (Lipinski definition) is 1. The fraction of sp³-hybridized carbons (Fsp3) is 0.333. The summed E-state index contributed by atoms with van der Waals surface area (Å²) in [6.45, 7) is 9.42. The monoisotopic (exact) mass is 287 g/mol. The van der Waals surface area contributed by atoms with Gasteiger partial charge in [0, 0.05) is 17.6 Å². The summed E-state index contributed by atoms with van der Waals surface area (Å²) in [7, 11) is 0. The minimum atomic E-state index is 0.505. The highest BCUT2D eigenvalue weighted by atomic mass is 35.5. The van der Waals surface area contributed by atoms with Crippen LogP contribution in [0.2, 0.25) is 5.02 Å². The standard InChI is InChI=1S/C18H22ClN/c1-12(2)20-11-15-6-8-17(14(4)9-15)16-7-5-13(3)18(19)10-16/h5-10,12,20H,11H2,1-4H3. The van der Waals surface area contributed by atoms with Gasteiger partial charge in [-0.05, 0) is 47.7 Å². The van der Waals surface area contributed by atoms with E-state index in [-0.39, 0.29) is 0 Å². The van der Waals surface area contributed by atoms with Crippen LogP contribution in [0.1, 0.15) is 30.5 Å². The quantitative estimate of drug-likeness (QED) is 0.823. The smallest absolute Gasteiger partial charge is 0.0441 e. The SMILES string of the molecule is Cc1ccc(-c2ccc(CNC(C)C)cc2C)cc1Cl. The summed E-state index contributed by atoms with van der Waals surface area (Å²) < 4.78 is 0. The highest BCUT2D eigenvalue weighted by Crippen LogP contribution is 2.28. The lowest BCUT2D eigenvalue weighted by atomic mass is 9.97. The topological polar surface area (TPSA) is 12.0 Å². The van der Waals surface area contributed by atoms with Gasteiger partial charge in [-0.1, -0.05) is 55.8 Å². The van der Waals surface area contributed by atoms with E-state index < -0.39 is 0 Å². The van der Waals surface area contributed by atoms with E-state index in [2.05, 4.69) is 56.4 Å². The van der Waals surface area contributed by atoms with Crippen LogP contribution < -0.4 is 5.32 Å². The van der Waals surface area contributed by atoms with Crippen molar-refractivity contribution in [3.63, 3.8) is 0 Å². The molecule has 0 fully saturated rings. The molecule has 0 atom stereocenters. The van der Waals surface area contributed by atoms with Gasteiger partial charge in [0.1, 0.15) is 0 Å². The predicted molar refractivity (Wildman–Crippen MR) is 88.3 cm³/mol. The summed E-state index contributed by atoms with van der Waals surface area (Å²) in [6, 6.07) is 13.4. The van der Waals surface area contributed by atoms with Gasteiger partial charge >= 0.3 is 0 Å². The van der Waals surface area contributed by atoms with Crippen LogP contribution in [0.15, 0.2) is 36.4 Å². The lowest BCUT2D eigenvalue weighted by Crippen LogP contribution is -2.21. The van der Waals surface area contributed by atoms with Crippen molar-refractivity contribution in [2.75, 3.05) is 0 Å². The van der Waals surface area contributed by atoms with Crippen LogP contribution in [0.25, 0.3) is 11.1 Å². The molecule has 0 aromatic heterocycles. The second kappa shape index (κ2) is 6.43. The molecule has 0 aliphatic rings. The Hall–Kier alpha value is -1.31. The third-order valence-corrected chi connectivity index (χ3v) is 3.90. The van der Waals surface area contributed by atoms with Crippen molar-refractivity contribution < 1.29 is 0 Å². The molecule has 0 saturated heterocycles. The Kier molecular flexibility index (Phi) is 4.85. The molecule has 2 rings (SSSR count). The summed E-state index contributed by atoms with van der Waals surface area (Å²) in [5.74, 6) is 0. The van der Waals surface area contributed by atoms with E-state index in [0.29, 0.717) is 6.04 Å². The van der Waals surface area contributed by atoms with Crippen molar-refractivity contribution in [1.82, 2.24) is 5.32 Å². The molecule has 0 unspecified atom stereocenters. The molecule has 0 aliphatic heterocycles. The summed E-state index contributed by atoms with van der Waals surface area (Å²) in [6.07, 6.45) is 0. The van der Waals surface area contributed by atoms with Crippen LogP contribution in [-0.4, -0.2) is 6.04 Å². The Bertz CT molecular complexity index is 602. The van der Waals surface area contributed by atoms with Crippen LogP contribution >= 0.6 is 11.6 Å². The number of aryl methyl sites for hydroxylation is 2. The second-order valence-corrected chi connectivity index (χ2v) is 6.06. The average molecular weight is 288 g/mol. The molecule has 0 bridgehead atoms. The Labute approximate surface area is 127 Å². The molecule has 0 aliphatic carbocycles. The van der Waals surface area contributed by atoms with E-state index in [1.807, 2.05) is 13.0 Å². The van der Waals surface area contributed by atoms with Gasteiger partial charge in [0.15, 0.2) is 0 Å². The molecule has 0 heterocycles. The van der Waals surface area contributed by atoms with E-state index in [1.165, 1.54) is 22.3 Å². The van der Waals surface area contributed by atoms with Gasteiger partial charge in [-0.2, -0.15) is 0 Å². The first-order chi connectivity index (χ1) is 9.47. The summed E-state index contributed by atoms with van der Waals surface area (Å²) in [5.41, 5.74) is 6.15. The minimum absolute atomic E-state index is 0.505. The van der Waals surface area contributed by atoms with E-state index >= 15 is 0 Å². The fourth-order valence-electron chi connectivity index (χ4n) is 2.24. The Morgan fingerprint density at radius 1 is 1.00 bits per heavy atom. The fourth-order valence-corrected chi connectivity index (χ4v) is 2.42. The van der Waals surface area contributed by atoms with Gasteiger partial charge in [-0.15, -0.1) is 0 Å². The molecule has 0 radical (unpaired) electrons. The second-order valence-electron chi connectivity index (χ2n) is 5.65. The number of benzene rings is 2. The van der Waals surface area contributed by atoms with Crippen molar-refractivity contribution in [3.05, 3.63) is 58.1 Å². The Morgan fingerprint density at radius 2 is 1.75 bits per heavy atom. The van der Waals surface area contributed by atoms with Gasteiger partial charge in [-0.3, -0.25) is 0 Å². The van der Waals surface area contributed by atoms with Crippen molar-refractivity contribution in [2.24, 2.45) is 0 Å². The van der Waals surface area contributed by atoms with E-state index in [4.69, 9.17) is 11.6 Å². The molecule has 2 aromatic rings. The first-order valence-corrected chi connectivity index (χ1v) is 7.44. The van der Waals surface area contributed by atoms with Crippen LogP contribution in [0.4, 0.5) is 0 Å². The molecule has 0 spiro atoms. The van der Waals surface area contributed by atoms with Gasteiger partial charge in [0.25, 0.3) is 0 Å². The molecule has 0 saturated carbocycles. The molecular formula is C18H22ClN. The molecule has 1 N–H and O–H groups in total. The van der Waals surface area contributed by atoms with Crippen LogP contribution in [0.3, 0.4) is 0 Å². The summed E-state index contributed by atoms with van der Waals surface area (Å²) in [5, 5.41) is 4.27. The molecule has 106 valence electrons. The van der Waals surface area contributed by atoms with Gasteiger partial charge < -0.3 is 5.32 Å². The molecule has 1 nitrogen and oxygen atoms in total. The lowest BCUT2D eigenvalue weighted by molar-refractivity contribution is 0.589. The van der Waals surface area contributed by atoms with Crippen molar-refractivity contribution in [2.45, 2.75) is 40.3 Å². The number of halogens is 1. The maximum Gasteiger partial charge on any atom is 0.0441 e. The van der Waals surface area contributed by atoms with Crippen LogP contribution in [0, 0.1) is 13.8 Å². The zero-order valence-electron chi connectivity index (χ0n) is 12.6. The number of hydrogen-bond acceptors (Lipinski definition) is 1.